The fourth-order valence-corrected chi connectivity index (χ4v) is 1.25. The first-order valence-electron chi connectivity index (χ1n) is 4.16. The number of ether oxygens (including phenoxy) is 1. The molecule has 0 aliphatic carbocycles. The van der Waals surface area contributed by atoms with Gasteiger partial charge in [-0.05, 0) is 13.3 Å². The topological polar surface area (TPSA) is 41.5 Å². The highest BCUT2D eigenvalue weighted by atomic mass is 16.5. The molecule has 0 bridgehead atoms. The lowest BCUT2D eigenvalue weighted by molar-refractivity contribution is 0.124. The molecule has 1 atom stereocenters. The van der Waals surface area contributed by atoms with Crippen molar-refractivity contribution < 1.29 is 9.84 Å². The van der Waals surface area contributed by atoms with Crippen molar-refractivity contribution >= 4 is 0 Å². The Morgan fingerprint density at radius 3 is 3.00 bits per heavy atom. The smallest absolute Gasteiger partial charge is 0.0680 e. The Labute approximate surface area is 73.1 Å². The molecular weight excluding hydrogens is 154 g/mol. The minimum atomic E-state index is -0.232. The van der Waals surface area contributed by atoms with Crippen molar-refractivity contribution in [3.8, 4) is 11.8 Å². The third kappa shape index (κ3) is 2.21. The number of nitrogens with one attached hydrogen (secondary N) is 1. The van der Waals surface area contributed by atoms with Gasteiger partial charge in [0.25, 0.3) is 0 Å². The van der Waals surface area contributed by atoms with Crippen LogP contribution in [0.3, 0.4) is 0 Å². The molecule has 12 heavy (non-hydrogen) atoms. The first-order valence-corrected chi connectivity index (χ1v) is 4.16. The fraction of sp³-hybridized carbons (Fsp3) is 0.778. The summed E-state index contributed by atoms with van der Waals surface area (Å²) in [6, 6.07) is 0. The van der Waals surface area contributed by atoms with Crippen LogP contribution in [0.1, 0.15) is 13.3 Å². The van der Waals surface area contributed by atoms with Crippen molar-refractivity contribution in [3.05, 3.63) is 0 Å². The lowest BCUT2D eigenvalue weighted by atomic mass is 10.0. The van der Waals surface area contributed by atoms with E-state index < -0.39 is 0 Å². The van der Waals surface area contributed by atoms with Crippen LogP contribution in [0.5, 0.6) is 0 Å². The van der Waals surface area contributed by atoms with Crippen molar-refractivity contribution in [2.75, 3.05) is 26.4 Å². The van der Waals surface area contributed by atoms with Crippen LogP contribution in [0.2, 0.25) is 0 Å². The van der Waals surface area contributed by atoms with Gasteiger partial charge < -0.3 is 9.84 Å². The van der Waals surface area contributed by atoms with Gasteiger partial charge in [0.1, 0.15) is 0 Å². The van der Waals surface area contributed by atoms with Crippen molar-refractivity contribution in [2.45, 2.75) is 18.9 Å². The summed E-state index contributed by atoms with van der Waals surface area (Å²) in [6.07, 6.45) is 0.870. The predicted octanol–water partition coefficient (Wildman–Crippen LogP) is -0.249. The van der Waals surface area contributed by atoms with E-state index in [0.29, 0.717) is 13.2 Å². The van der Waals surface area contributed by atoms with Gasteiger partial charge in [0, 0.05) is 6.61 Å². The summed E-state index contributed by atoms with van der Waals surface area (Å²) >= 11 is 0. The third-order valence-electron chi connectivity index (χ3n) is 2.13. The van der Waals surface area contributed by atoms with Crippen LogP contribution in [-0.2, 0) is 4.74 Å². The molecule has 0 amide bonds. The molecule has 0 aromatic rings. The van der Waals surface area contributed by atoms with Gasteiger partial charge >= 0.3 is 0 Å². The number of rotatable bonds is 3. The molecule has 3 nitrogen and oxygen atoms in total. The van der Waals surface area contributed by atoms with Gasteiger partial charge in [0.05, 0.1) is 25.3 Å². The molecule has 1 unspecified atom stereocenters. The highest BCUT2D eigenvalue weighted by Gasteiger charge is 2.33. The average molecular weight is 169 g/mol. The standard InChI is InChI=1S/C9H15NO2/c1-2-3-5-10-9(7-11)4-6-12-8-9/h10-11H,4-8H2,1H3. The summed E-state index contributed by atoms with van der Waals surface area (Å²) in [5.41, 5.74) is -0.232. The summed E-state index contributed by atoms with van der Waals surface area (Å²) in [6.45, 7) is 3.87. The molecule has 1 rings (SSSR count). The molecule has 0 saturated carbocycles. The van der Waals surface area contributed by atoms with Crippen molar-refractivity contribution in [1.82, 2.24) is 5.32 Å². The van der Waals surface area contributed by atoms with Gasteiger partial charge in [0.2, 0.25) is 0 Å². The van der Waals surface area contributed by atoms with Gasteiger partial charge in [-0.3, -0.25) is 5.32 Å². The zero-order valence-electron chi connectivity index (χ0n) is 7.39. The van der Waals surface area contributed by atoms with Crippen LogP contribution in [0.4, 0.5) is 0 Å². The molecule has 0 aromatic heterocycles. The summed E-state index contributed by atoms with van der Waals surface area (Å²) in [5, 5.41) is 12.3. The fourth-order valence-electron chi connectivity index (χ4n) is 1.25. The molecule has 1 aliphatic heterocycles. The normalized spacial score (nSPS) is 28.2. The second kappa shape index (κ2) is 4.46. The van der Waals surface area contributed by atoms with Crippen LogP contribution >= 0.6 is 0 Å². The number of hydrogen-bond acceptors (Lipinski definition) is 3. The Kier molecular flexibility index (Phi) is 3.54. The Bertz CT molecular complexity index is 186. The molecular formula is C9H15NO2. The molecule has 1 heterocycles. The molecule has 3 heteroatoms. The zero-order chi connectivity index (χ0) is 8.86. The Morgan fingerprint density at radius 2 is 2.50 bits per heavy atom. The van der Waals surface area contributed by atoms with Gasteiger partial charge in [-0.2, -0.15) is 0 Å². The molecule has 2 N–H and O–H groups in total. The van der Waals surface area contributed by atoms with Gasteiger partial charge in [-0.1, -0.05) is 5.92 Å². The predicted molar refractivity (Wildman–Crippen MR) is 46.7 cm³/mol. The monoisotopic (exact) mass is 169 g/mol. The largest absolute Gasteiger partial charge is 0.394 e. The Balaban J connectivity index is 2.37. The Morgan fingerprint density at radius 1 is 1.67 bits per heavy atom. The van der Waals surface area contributed by atoms with Gasteiger partial charge in [0.15, 0.2) is 0 Å². The van der Waals surface area contributed by atoms with Gasteiger partial charge in [-0.25, -0.2) is 0 Å². The SMILES string of the molecule is CC#CCNC1(CO)CCOC1. The average Bonchev–Trinajstić information content (AvgIpc) is 2.55. The first kappa shape index (κ1) is 9.53. The maximum atomic E-state index is 9.13. The summed E-state index contributed by atoms with van der Waals surface area (Å²) in [4.78, 5) is 0. The van der Waals surface area contributed by atoms with E-state index in [9.17, 15) is 0 Å². The van der Waals surface area contributed by atoms with E-state index in [4.69, 9.17) is 9.84 Å². The van der Waals surface area contributed by atoms with E-state index in [1.54, 1.807) is 6.92 Å². The van der Waals surface area contributed by atoms with Crippen molar-refractivity contribution in [2.24, 2.45) is 0 Å². The summed E-state index contributed by atoms with van der Waals surface area (Å²) in [7, 11) is 0. The number of aliphatic hydroxyl groups excluding tert-OH is 1. The van der Waals surface area contributed by atoms with Crippen LogP contribution in [-0.4, -0.2) is 37.0 Å². The van der Waals surface area contributed by atoms with E-state index in [-0.39, 0.29) is 12.1 Å². The number of aliphatic hydroxyl groups is 1. The second-order valence-corrected chi connectivity index (χ2v) is 3.02. The molecule has 0 aromatic carbocycles. The minimum absolute atomic E-state index is 0.123. The molecule has 1 saturated heterocycles. The van der Waals surface area contributed by atoms with Crippen molar-refractivity contribution in [1.29, 1.82) is 0 Å². The molecule has 1 fully saturated rings. The zero-order valence-corrected chi connectivity index (χ0v) is 7.39. The van der Waals surface area contributed by atoms with E-state index in [2.05, 4.69) is 17.2 Å². The quantitative estimate of drug-likeness (QED) is 0.572. The second-order valence-electron chi connectivity index (χ2n) is 3.02. The Hall–Kier alpha value is -0.560. The van der Waals surface area contributed by atoms with E-state index >= 15 is 0 Å². The maximum absolute atomic E-state index is 9.13. The van der Waals surface area contributed by atoms with E-state index in [1.807, 2.05) is 0 Å². The molecule has 1 aliphatic rings. The number of hydrogen-bond donors (Lipinski definition) is 2. The molecule has 68 valence electrons. The highest BCUT2D eigenvalue weighted by Crippen LogP contribution is 2.16. The van der Waals surface area contributed by atoms with Crippen LogP contribution in [0, 0.1) is 11.8 Å². The van der Waals surface area contributed by atoms with E-state index in [0.717, 1.165) is 13.0 Å². The van der Waals surface area contributed by atoms with Gasteiger partial charge in [-0.15, -0.1) is 5.92 Å². The molecule has 0 spiro atoms. The summed E-state index contributed by atoms with van der Waals surface area (Å²) < 4.78 is 5.21. The minimum Gasteiger partial charge on any atom is -0.394 e. The van der Waals surface area contributed by atoms with Crippen LogP contribution in [0.15, 0.2) is 0 Å². The van der Waals surface area contributed by atoms with Crippen LogP contribution < -0.4 is 5.32 Å². The van der Waals surface area contributed by atoms with E-state index in [1.165, 1.54) is 0 Å². The maximum Gasteiger partial charge on any atom is 0.0680 e. The summed E-state index contributed by atoms with van der Waals surface area (Å²) in [5.74, 6) is 5.70. The lowest BCUT2D eigenvalue weighted by Gasteiger charge is -2.24. The third-order valence-corrected chi connectivity index (χ3v) is 2.13. The van der Waals surface area contributed by atoms with Crippen LogP contribution in [0.25, 0.3) is 0 Å². The van der Waals surface area contributed by atoms with Crippen molar-refractivity contribution in [3.63, 3.8) is 0 Å². The lowest BCUT2D eigenvalue weighted by Crippen LogP contribution is -2.49. The molecule has 0 radical (unpaired) electrons. The highest BCUT2D eigenvalue weighted by molar-refractivity contribution is 5.01. The first-order chi connectivity index (χ1) is 5.83.